The van der Waals surface area contributed by atoms with Crippen molar-refractivity contribution in [1.82, 2.24) is 4.90 Å². The highest BCUT2D eigenvalue weighted by molar-refractivity contribution is 5.70. The van der Waals surface area contributed by atoms with Crippen LogP contribution in [0.15, 0.2) is 36.4 Å². The molecule has 1 aromatic carbocycles. The maximum absolute atomic E-state index is 12.4. The first-order valence-corrected chi connectivity index (χ1v) is 8.10. The second-order valence-corrected chi connectivity index (χ2v) is 6.95. The van der Waals surface area contributed by atoms with E-state index in [0.29, 0.717) is 0 Å². The average Bonchev–Trinajstić information content (AvgIpc) is 2.47. The van der Waals surface area contributed by atoms with Crippen molar-refractivity contribution in [2.45, 2.75) is 58.6 Å². The van der Waals surface area contributed by atoms with E-state index in [-0.39, 0.29) is 12.1 Å². The highest BCUT2D eigenvalue weighted by Crippen LogP contribution is 2.24. The van der Waals surface area contributed by atoms with E-state index in [0.717, 1.165) is 25.8 Å². The van der Waals surface area contributed by atoms with Crippen LogP contribution in [0.1, 0.15) is 52.5 Å². The van der Waals surface area contributed by atoms with E-state index in [1.165, 1.54) is 11.1 Å². The van der Waals surface area contributed by atoms with Gasteiger partial charge in [0.05, 0.1) is 6.04 Å². The van der Waals surface area contributed by atoms with Crippen LogP contribution in [0.2, 0.25) is 0 Å². The molecule has 0 spiro atoms. The lowest BCUT2D eigenvalue weighted by molar-refractivity contribution is 0.0150. The van der Waals surface area contributed by atoms with E-state index >= 15 is 0 Å². The Morgan fingerprint density at radius 2 is 1.91 bits per heavy atom. The molecule has 0 saturated carbocycles. The fraction of sp³-hybridized carbons (Fsp3) is 0.526. The Kier molecular flexibility index (Phi) is 5.28. The monoisotopic (exact) mass is 301 g/mol. The highest BCUT2D eigenvalue weighted by Gasteiger charge is 2.29. The van der Waals surface area contributed by atoms with Crippen LogP contribution < -0.4 is 0 Å². The normalized spacial score (nSPS) is 19.9. The Bertz CT molecular complexity index is 528. The van der Waals surface area contributed by atoms with Crippen molar-refractivity contribution in [3.8, 4) is 0 Å². The average molecular weight is 301 g/mol. The summed E-state index contributed by atoms with van der Waals surface area (Å²) in [4.78, 5) is 14.3. The van der Waals surface area contributed by atoms with E-state index in [9.17, 15) is 4.79 Å². The summed E-state index contributed by atoms with van der Waals surface area (Å²) in [5.41, 5.74) is 1.97. The molecule has 1 atom stereocenters. The maximum atomic E-state index is 12.4. The Morgan fingerprint density at radius 1 is 1.23 bits per heavy atom. The Labute approximate surface area is 134 Å². The van der Waals surface area contributed by atoms with Gasteiger partial charge in [-0.2, -0.15) is 0 Å². The number of hydrogen-bond acceptors (Lipinski definition) is 2. The molecule has 0 bridgehead atoms. The van der Waals surface area contributed by atoms with Gasteiger partial charge in [-0.3, -0.25) is 0 Å². The number of nitrogens with zero attached hydrogens (tertiary/aromatic N) is 1. The number of amides is 1. The first-order chi connectivity index (χ1) is 10.4. The first-order valence-electron chi connectivity index (χ1n) is 8.10. The first kappa shape index (κ1) is 16.6. The Balaban J connectivity index is 2.14. The molecule has 3 nitrogen and oxygen atoms in total. The molecule has 2 rings (SSSR count). The summed E-state index contributed by atoms with van der Waals surface area (Å²) < 4.78 is 5.55. The van der Waals surface area contributed by atoms with Crippen molar-refractivity contribution in [2.75, 3.05) is 6.54 Å². The van der Waals surface area contributed by atoms with Crippen molar-refractivity contribution in [1.29, 1.82) is 0 Å². The summed E-state index contributed by atoms with van der Waals surface area (Å²) in [6, 6.07) is 10.4. The van der Waals surface area contributed by atoms with E-state index in [1.54, 1.807) is 0 Å². The molecule has 0 aliphatic carbocycles. The Hall–Kier alpha value is -1.77. The number of benzene rings is 1. The largest absolute Gasteiger partial charge is 0.444 e. The van der Waals surface area contributed by atoms with Gasteiger partial charge < -0.3 is 9.64 Å². The molecule has 22 heavy (non-hydrogen) atoms. The zero-order chi connectivity index (χ0) is 16.2. The molecular formula is C19H27NO2. The lowest BCUT2D eigenvalue weighted by Gasteiger charge is -2.35. The lowest BCUT2D eigenvalue weighted by atomic mass is 9.98. The molecule has 1 amide bonds. The minimum Gasteiger partial charge on any atom is -0.444 e. The van der Waals surface area contributed by atoms with Crippen molar-refractivity contribution in [3.05, 3.63) is 42.0 Å². The number of hydrogen-bond donors (Lipinski definition) is 0. The fourth-order valence-corrected chi connectivity index (χ4v) is 2.76. The van der Waals surface area contributed by atoms with Gasteiger partial charge in [0.2, 0.25) is 0 Å². The van der Waals surface area contributed by atoms with Crippen LogP contribution >= 0.6 is 0 Å². The molecule has 1 heterocycles. The molecule has 0 aromatic heterocycles. The van der Waals surface area contributed by atoms with Gasteiger partial charge in [0.25, 0.3) is 0 Å². The van der Waals surface area contributed by atoms with Crippen LogP contribution in [0.4, 0.5) is 4.79 Å². The predicted molar refractivity (Wildman–Crippen MR) is 90.7 cm³/mol. The number of rotatable bonds is 2. The second-order valence-electron chi connectivity index (χ2n) is 6.95. The summed E-state index contributed by atoms with van der Waals surface area (Å²) in [7, 11) is 0. The molecule has 3 heteroatoms. The van der Waals surface area contributed by atoms with Crippen molar-refractivity contribution < 1.29 is 9.53 Å². The van der Waals surface area contributed by atoms with Gasteiger partial charge in [0, 0.05) is 6.54 Å². The van der Waals surface area contributed by atoms with E-state index < -0.39 is 5.60 Å². The van der Waals surface area contributed by atoms with Gasteiger partial charge in [-0.25, -0.2) is 4.79 Å². The van der Waals surface area contributed by atoms with Gasteiger partial charge in [-0.05, 0) is 58.1 Å². The van der Waals surface area contributed by atoms with Gasteiger partial charge >= 0.3 is 6.09 Å². The van der Waals surface area contributed by atoms with Crippen molar-refractivity contribution in [2.24, 2.45) is 0 Å². The Morgan fingerprint density at radius 3 is 2.55 bits per heavy atom. The quantitative estimate of drug-likeness (QED) is 0.779. The zero-order valence-electron chi connectivity index (χ0n) is 14.1. The smallest absolute Gasteiger partial charge is 0.410 e. The number of piperidine rings is 1. The fourth-order valence-electron chi connectivity index (χ4n) is 2.76. The lowest BCUT2D eigenvalue weighted by Crippen LogP contribution is -2.45. The van der Waals surface area contributed by atoms with Gasteiger partial charge in [0.1, 0.15) is 5.60 Å². The van der Waals surface area contributed by atoms with Crippen LogP contribution in [0.5, 0.6) is 0 Å². The molecule has 120 valence electrons. The van der Waals surface area contributed by atoms with Gasteiger partial charge in [-0.15, -0.1) is 0 Å². The predicted octanol–water partition coefficient (Wildman–Crippen LogP) is 4.88. The van der Waals surface area contributed by atoms with Crippen molar-refractivity contribution >= 4 is 11.7 Å². The summed E-state index contributed by atoms with van der Waals surface area (Å²) in [5.74, 6) is 0. The third-order valence-electron chi connectivity index (χ3n) is 3.85. The molecule has 0 radical (unpaired) electrons. The third-order valence-corrected chi connectivity index (χ3v) is 3.85. The minimum atomic E-state index is -0.447. The van der Waals surface area contributed by atoms with E-state index in [4.69, 9.17) is 4.74 Å². The molecule has 1 aliphatic rings. The molecule has 1 saturated heterocycles. The summed E-state index contributed by atoms with van der Waals surface area (Å²) in [6.45, 7) is 8.62. The highest BCUT2D eigenvalue weighted by atomic mass is 16.6. The molecule has 1 fully saturated rings. The van der Waals surface area contributed by atoms with Crippen molar-refractivity contribution in [3.63, 3.8) is 0 Å². The molecule has 0 N–H and O–H groups in total. The maximum Gasteiger partial charge on any atom is 0.410 e. The van der Waals surface area contributed by atoms with Crippen LogP contribution in [0.25, 0.3) is 5.57 Å². The van der Waals surface area contributed by atoms with Crippen LogP contribution in [0, 0.1) is 0 Å². The van der Waals surface area contributed by atoms with E-state index in [1.807, 2.05) is 43.9 Å². The number of carbonyl (C=O) groups is 1. The third kappa shape index (κ3) is 4.62. The van der Waals surface area contributed by atoms with Crippen LogP contribution in [-0.4, -0.2) is 29.2 Å². The molecule has 1 aliphatic heterocycles. The van der Waals surface area contributed by atoms with Crippen LogP contribution in [0.3, 0.4) is 0 Å². The number of allylic oxidation sites excluding steroid dienone is 1. The van der Waals surface area contributed by atoms with Gasteiger partial charge in [-0.1, -0.05) is 36.4 Å². The topological polar surface area (TPSA) is 29.5 Å². The number of carbonyl (C=O) groups excluding carboxylic acids is 1. The zero-order valence-corrected chi connectivity index (χ0v) is 14.1. The van der Waals surface area contributed by atoms with Gasteiger partial charge in [0.15, 0.2) is 0 Å². The molecule has 1 aromatic rings. The second kappa shape index (κ2) is 6.99. The molecule has 1 unspecified atom stereocenters. The summed E-state index contributed by atoms with van der Waals surface area (Å²) in [5, 5.41) is 0. The minimum absolute atomic E-state index is 0.129. The number of ether oxygens (including phenoxy) is 1. The molecular weight excluding hydrogens is 274 g/mol. The van der Waals surface area contributed by atoms with E-state index in [2.05, 4.69) is 25.1 Å². The summed E-state index contributed by atoms with van der Waals surface area (Å²) in [6.07, 6.45) is 5.22. The van der Waals surface area contributed by atoms with Crippen LogP contribution in [-0.2, 0) is 4.74 Å². The standard InChI is InChI=1S/C19H27NO2/c1-15(16-10-6-5-7-11-16)14-17-12-8-9-13-20(17)18(21)22-19(2,3)4/h5-7,10-11,14,17H,8-9,12-13H2,1-4H3/b15-14+. The summed E-state index contributed by atoms with van der Waals surface area (Å²) >= 11 is 0. The SMILES string of the molecule is C/C(=C\C1CCCCN1C(=O)OC(C)(C)C)c1ccccc1. The number of likely N-dealkylation sites (tertiary alicyclic amines) is 1.